The Bertz CT molecular complexity index is 1450. The van der Waals surface area contributed by atoms with E-state index in [0.717, 1.165) is 18.4 Å². The summed E-state index contributed by atoms with van der Waals surface area (Å²) in [6, 6.07) is 11.6. The Labute approximate surface area is 263 Å². The fraction of sp³-hybridized carbons (Fsp3) is 0.543. The van der Waals surface area contributed by atoms with E-state index in [2.05, 4.69) is 10.6 Å². The summed E-state index contributed by atoms with van der Waals surface area (Å²) in [6.07, 6.45) is 5.71. The molecular weight excluding hydrogens is 575 g/mol. The van der Waals surface area contributed by atoms with Crippen LogP contribution in [0.15, 0.2) is 42.5 Å². The average molecular weight is 619 g/mol. The number of nitrogens with zero attached hydrogens (tertiary/aromatic N) is 2. The van der Waals surface area contributed by atoms with Crippen LogP contribution in [-0.2, 0) is 20.8 Å². The van der Waals surface area contributed by atoms with Crippen molar-refractivity contribution in [1.82, 2.24) is 10.6 Å². The van der Waals surface area contributed by atoms with Crippen molar-refractivity contribution in [1.29, 1.82) is 0 Å². The van der Waals surface area contributed by atoms with E-state index in [4.69, 9.17) is 0 Å². The van der Waals surface area contributed by atoms with Gasteiger partial charge in [0.1, 0.15) is 0 Å². The standard InChI is InChI=1S/C35H43FN4O5/c1-21(34(44)37-27-18-23-11-12-24(27)16-23)15-30(41)28(17-22-7-3-2-4-8-22)38-35(45)26-19-25(39-13-5-9-31(39)42)20-29(33(26)36)40-14-6-10-32(40)43/h2-4,7-8,19-21,23-24,27-28,30,41H,5-6,9-18H2,1H3,(H,37,44)(H,38,45)/t21-,23?,24?,27?,28+,30+/m1/s1. The third-order valence-electron chi connectivity index (χ3n) is 10.2. The molecule has 2 saturated heterocycles. The second-order valence-electron chi connectivity index (χ2n) is 13.4. The smallest absolute Gasteiger partial charge is 0.254 e. The first-order chi connectivity index (χ1) is 21.7. The molecular formula is C35H43FN4O5. The van der Waals surface area contributed by atoms with E-state index in [9.17, 15) is 24.3 Å². The van der Waals surface area contributed by atoms with Gasteiger partial charge in [-0.1, -0.05) is 43.7 Å². The van der Waals surface area contributed by atoms with E-state index in [0.29, 0.717) is 49.9 Å². The lowest BCUT2D eigenvalue weighted by atomic mass is 9.91. The van der Waals surface area contributed by atoms with Gasteiger partial charge in [0.25, 0.3) is 5.91 Å². The summed E-state index contributed by atoms with van der Waals surface area (Å²) in [5, 5.41) is 17.5. The zero-order chi connectivity index (χ0) is 31.7. The SMILES string of the molecule is C[C@H](C[C@H](O)[C@H](Cc1ccccc1)NC(=O)c1cc(N2CCCC2=O)cc(N2CCCC2=O)c1F)C(=O)NC1CC2CCC1C2. The molecule has 4 fully saturated rings. The first kappa shape index (κ1) is 31.2. The maximum Gasteiger partial charge on any atom is 0.254 e. The highest BCUT2D eigenvalue weighted by Crippen LogP contribution is 2.44. The topological polar surface area (TPSA) is 119 Å². The summed E-state index contributed by atoms with van der Waals surface area (Å²) in [5.41, 5.74) is 0.908. The molecule has 6 rings (SSSR count). The number of halogens is 1. The molecule has 4 aliphatic rings. The van der Waals surface area contributed by atoms with Crippen LogP contribution >= 0.6 is 0 Å². The van der Waals surface area contributed by atoms with Gasteiger partial charge >= 0.3 is 0 Å². The molecule has 3 unspecified atom stereocenters. The Morgan fingerprint density at radius 2 is 1.71 bits per heavy atom. The van der Waals surface area contributed by atoms with Crippen LogP contribution in [0.3, 0.4) is 0 Å². The zero-order valence-electron chi connectivity index (χ0n) is 25.8. The quantitative estimate of drug-likeness (QED) is 0.350. The molecule has 2 saturated carbocycles. The zero-order valence-corrected chi connectivity index (χ0v) is 25.8. The predicted molar refractivity (Wildman–Crippen MR) is 168 cm³/mol. The molecule has 2 heterocycles. The van der Waals surface area contributed by atoms with E-state index >= 15 is 4.39 Å². The number of nitrogens with one attached hydrogen (secondary N) is 2. The summed E-state index contributed by atoms with van der Waals surface area (Å²) in [6.45, 7) is 2.55. The van der Waals surface area contributed by atoms with Gasteiger partial charge < -0.3 is 25.5 Å². The number of amides is 4. The second kappa shape index (κ2) is 13.3. The third kappa shape index (κ3) is 6.76. The lowest BCUT2D eigenvalue weighted by Crippen LogP contribution is -2.47. The molecule has 0 radical (unpaired) electrons. The van der Waals surface area contributed by atoms with Gasteiger partial charge in [0, 0.05) is 43.6 Å². The molecule has 0 spiro atoms. The number of fused-ring (bicyclic) bond motifs is 2. The van der Waals surface area contributed by atoms with Gasteiger partial charge in [-0.05, 0) is 74.5 Å². The van der Waals surface area contributed by atoms with Gasteiger partial charge in [-0.3, -0.25) is 19.2 Å². The molecule has 2 aromatic carbocycles. The summed E-state index contributed by atoms with van der Waals surface area (Å²) in [5.74, 6) is -1.34. The van der Waals surface area contributed by atoms with Crippen molar-refractivity contribution >= 4 is 35.0 Å². The first-order valence-electron chi connectivity index (χ1n) is 16.5. The van der Waals surface area contributed by atoms with Crippen LogP contribution in [0.2, 0.25) is 0 Å². The Kier molecular flexibility index (Phi) is 9.21. The van der Waals surface area contributed by atoms with Gasteiger partial charge in [-0.2, -0.15) is 0 Å². The number of rotatable bonds is 11. The molecule has 240 valence electrons. The van der Waals surface area contributed by atoms with Gasteiger partial charge in [0.05, 0.1) is 23.4 Å². The van der Waals surface area contributed by atoms with Crippen molar-refractivity contribution in [2.75, 3.05) is 22.9 Å². The summed E-state index contributed by atoms with van der Waals surface area (Å²) >= 11 is 0. The van der Waals surface area contributed by atoms with E-state index in [1.165, 1.54) is 34.8 Å². The van der Waals surface area contributed by atoms with Crippen LogP contribution in [0, 0.1) is 23.6 Å². The van der Waals surface area contributed by atoms with Crippen LogP contribution in [0.4, 0.5) is 15.8 Å². The molecule has 2 aliphatic carbocycles. The monoisotopic (exact) mass is 618 g/mol. The Morgan fingerprint density at radius 3 is 2.33 bits per heavy atom. The molecule has 0 aromatic heterocycles. The highest BCUT2D eigenvalue weighted by molar-refractivity contribution is 6.03. The fourth-order valence-corrected chi connectivity index (χ4v) is 7.71. The molecule has 3 N–H and O–H groups in total. The number of carbonyl (C=O) groups is 4. The van der Waals surface area contributed by atoms with Crippen molar-refractivity contribution in [2.45, 2.75) is 89.3 Å². The van der Waals surface area contributed by atoms with E-state index < -0.39 is 29.8 Å². The number of aliphatic hydroxyl groups is 1. The Balaban J connectivity index is 1.23. The maximum atomic E-state index is 16.1. The van der Waals surface area contributed by atoms with Crippen LogP contribution in [0.5, 0.6) is 0 Å². The summed E-state index contributed by atoms with van der Waals surface area (Å²) in [4.78, 5) is 55.0. The van der Waals surface area contributed by atoms with Gasteiger partial charge in [-0.25, -0.2) is 4.39 Å². The van der Waals surface area contributed by atoms with Crippen molar-refractivity contribution in [3.05, 3.63) is 59.4 Å². The minimum Gasteiger partial charge on any atom is -0.391 e. The summed E-state index contributed by atoms with van der Waals surface area (Å²) in [7, 11) is 0. The number of benzene rings is 2. The van der Waals surface area contributed by atoms with E-state index in [1.54, 1.807) is 6.92 Å². The number of anilines is 2. The molecule has 45 heavy (non-hydrogen) atoms. The number of hydrogen-bond donors (Lipinski definition) is 3. The van der Waals surface area contributed by atoms with E-state index in [-0.39, 0.29) is 54.3 Å². The van der Waals surface area contributed by atoms with Crippen LogP contribution in [-0.4, -0.2) is 60.0 Å². The number of aliphatic hydroxyl groups excluding tert-OH is 1. The van der Waals surface area contributed by atoms with Crippen LogP contribution < -0.4 is 20.4 Å². The fourth-order valence-electron chi connectivity index (χ4n) is 7.71. The lowest BCUT2D eigenvalue weighted by Gasteiger charge is -2.29. The van der Waals surface area contributed by atoms with Crippen LogP contribution in [0.25, 0.3) is 0 Å². The van der Waals surface area contributed by atoms with Crippen LogP contribution in [0.1, 0.15) is 80.6 Å². The number of hydrogen-bond acceptors (Lipinski definition) is 5. The van der Waals surface area contributed by atoms with Crippen molar-refractivity contribution in [3.8, 4) is 0 Å². The molecule has 9 nitrogen and oxygen atoms in total. The average Bonchev–Trinajstić information content (AvgIpc) is 3.84. The minimum absolute atomic E-state index is 0.0223. The van der Waals surface area contributed by atoms with Gasteiger partial charge in [0.15, 0.2) is 5.82 Å². The normalized spacial score (nSPS) is 24.6. The molecule has 2 aliphatic heterocycles. The Morgan fingerprint density at radius 1 is 1.00 bits per heavy atom. The number of carbonyl (C=O) groups excluding carboxylic acids is 4. The van der Waals surface area contributed by atoms with Crippen molar-refractivity contribution in [2.24, 2.45) is 17.8 Å². The maximum absolute atomic E-state index is 16.1. The van der Waals surface area contributed by atoms with Crippen molar-refractivity contribution in [3.63, 3.8) is 0 Å². The second-order valence-corrected chi connectivity index (χ2v) is 13.4. The molecule has 2 aromatic rings. The summed E-state index contributed by atoms with van der Waals surface area (Å²) < 4.78 is 16.1. The molecule has 2 bridgehead atoms. The predicted octanol–water partition coefficient (Wildman–Crippen LogP) is 4.11. The third-order valence-corrected chi connectivity index (χ3v) is 10.2. The van der Waals surface area contributed by atoms with Crippen molar-refractivity contribution < 1.29 is 28.7 Å². The Hall–Kier alpha value is -3.79. The molecule has 6 atom stereocenters. The minimum atomic E-state index is -1.10. The largest absolute Gasteiger partial charge is 0.391 e. The molecule has 4 amide bonds. The van der Waals surface area contributed by atoms with Gasteiger partial charge in [0.2, 0.25) is 17.7 Å². The lowest BCUT2D eigenvalue weighted by molar-refractivity contribution is -0.126. The highest BCUT2D eigenvalue weighted by atomic mass is 19.1. The highest BCUT2D eigenvalue weighted by Gasteiger charge is 2.41. The van der Waals surface area contributed by atoms with Gasteiger partial charge in [-0.15, -0.1) is 0 Å². The first-order valence-corrected chi connectivity index (χ1v) is 16.5. The van der Waals surface area contributed by atoms with E-state index in [1.807, 2.05) is 30.3 Å². The molecule has 10 heteroatoms.